The number of sulfonamides is 1. The van der Waals surface area contributed by atoms with Crippen LogP contribution in [0.1, 0.15) is 26.3 Å². The molecule has 1 N–H and O–H groups in total. The molecule has 0 saturated heterocycles. The van der Waals surface area contributed by atoms with Crippen LogP contribution in [-0.4, -0.2) is 44.3 Å². The minimum absolute atomic E-state index is 0.0467. The maximum Gasteiger partial charge on any atom is 0.264 e. The Morgan fingerprint density at radius 3 is 2.24 bits per heavy atom. The summed E-state index contributed by atoms with van der Waals surface area (Å²) < 4.78 is 43.7. The van der Waals surface area contributed by atoms with Gasteiger partial charge in [-0.15, -0.1) is 0 Å². The second-order valence-electron chi connectivity index (χ2n) is 9.24. The molecule has 0 fully saturated rings. The van der Waals surface area contributed by atoms with Crippen molar-refractivity contribution in [1.82, 2.24) is 10.2 Å². The Hall–Kier alpha value is -3.24. The molecule has 1 atom stereocenters. The van der Waals surface area contributed by atoms with Gasteiger partial charge in [-0.2, -0.15) is 0 Å². The zero-order chi connectivity index (χ0) is 27.9. The average Bonchev–Trinajstić information content (AvgIpc) is 2.89. The average molecular weight is 605 g/mol. The molecule has 0 radical (unpaired) electrons. The lowest BCUT2D eigenvalue weighted by atomic mass is 10.1. The molecule has 2 amide bonds. The van der Waals surface area contributed by atoms with Gasteiger partial charge in [-0.1, -0.05) is 72.2 Å². The first-order valence-electron chi connectivity index (χ1n) is 12.1. The third kappa shape index (κ3) is 7.41. The highest BCUT2D eigenvalue weighted by Gasteiger charge is 2.33. The summed E-state index contributed by atoms with van der Waals surface area (Å²) in [6.45, 7) is 5.27. The SMILES string of the molecule is CC(C)CNC(=O)[C@@H](C)N(Cc1cccc(Br)c1)C(=O)CN(c1ccccc1F)S(=O)(=O)c1ccccc1. The van der Waals surface area contributed by atoms with Gasteiger partial charge in [0.05, 0.1) is 10.6 Å². The van der Waals surface area contributed by atoms with Crippen LogP contribution in [0.2, 0.25) is 0 Å². The summed E-state index contributed by atoms with van der Waals surface area (Å²) in [7, 11) is -4.31. The Labute approximate surface area is 231 Å². The summed E-state index contributed by atoms with van der Waals surface area (Å²) in [6.07, 6.45) is 0. The summed E-state index contributed by atoms with van der Waals surface area (Å²) >= 11 is 3.41. The molecule has 0 bridgehead atoms. The number of nitrogens with one attached hydrogen (secondary N) is 1. The van der Waals surface area contributed by atoms with Gasteiger partial charge in [0.15, 0.2) is 0 Å². The van der Waals surface area contributed by atoms with Crippen molar-refractivity contribution in [1.29, 1.82) is 0 Å². The van der Waals surface area contributed by atoms with Crippen LogP contribution in [0.15, 0.2) is 88.2 Å². The first-order valence-corrected chi connectivity index (χ1v) is 14.4. The van der Waals surface area contributed by atoms with Crippen LogP contribution in [0.5, 0.6) is 0 Å². The Kier molecular flexibility index (Phi) is 10.0. The van der Waals surface area contributed by atoms with Crippen molar-refractivity contribution >= 4 is 43.5 Å². The van der Waals surface area contributed by atoms with Crippen LogP contribution in [0, 0.1) is 11.7 Å². The normalized spacial score (nSPS) is 12.2. The number of hydrogen-bond donors (Lipinski definition) is 1. The summed E-state index contributed by atoms with van der Waals surface area (Å²) in [4.78, 5) is 28.0. The Morgan fingerprint density at radius 1 is 0.947 bits per heavy atom. The van der Waals surface area contributed by atoms with Gasteiger partial charge in [0.25, 0.3) is 10.0 Å². The number of halogens is 2. The second-order valence-corrected chi connectivity index (χ2v) is 12.0. The molecule has 0 heterocycles. The summed E-state index contributed by atoms with van der Waals surface area (Å²) in [6, 6.07) is 19.2. The van der Waals surface area contributed by atoms with E-state index < -0.39 is 34.3 Å². The van der Waals surface area contributed by atoms with Crippen molar-refractivity contribution in [2.75, 3.05) is 17.4 Å². The monoisotopic (exact) mass is 603 g/mol. The number of anilines is 1. The number of para-hydroxylation sites is 1. The van der Waals surface area contributed by atoms with Crippen LogP contribution in [-0.2, 0) is 26.2 Å². The van der Waals surface area contributed by atoms with Gasteiger partial charge in [0, 0.05) is 17.6 Å². The van der Waals surface area contributed by atoms with Crippen LogP contribution in [0.25, 0.3) is 0 Å². The lowest BCUT2D eigenvalue weighted by molar-refractivity contribution is -0.139. The Morgan fingerprint density at radius 2 is 1.61 bits per heavy atom. The topological polar surface area (TPSA) is 86.8 Å². The van der Waals surface area contributed by atoms with E-state index in [0.29, 0.717) is 6.54 Å². The fourth-order valence-electron chi connectivity index (χ4n) is 3.75. The molecule has 0 aliphatic rings. The minimum Gasteiger partial charge on any atom is -0.354 e. The number of carbonyl (C=O) groups excluding carboxylic acids is 2. The highest BCUT2D eigenvalue weighted by Crippen LogP contribution is 2.27. The number of nitrogens with zero attached hydrogens (tertiary/aromatic N) is 2. The molecular weight excluding hydrogens is 573 g/mol. The van der Waals surface area contributed by atoms with Crippen molar-refractivity contribution in [2.24, 2.45) is 5.92 Å². The van der Waals surface area contributed by atoms with Crippen molar-refractivity contribution in [3.63, 3.8) is 0 Å². The van der Waals surface area contributed by atoms with E-state index >= 15 is 0 Å². The van der Waals surface area contributed by atoms with E-state index in [4.69, 9.17) is 0 Å². The fourth-order valence-corrected chi connectivity index (χ4v) is 5.64. The molecule has 0 unspecified atom stereocenters. The predicted molar refractivity (Wildman–Crippen MR) is 149 cm³/mol. The van der Waals surface area contributed by atoms with Gasteiger partial charge in [0.2, 0.25) is 11.8 Å². The molecule has 7 nitrogen and oxygen atoms in total. The van der Waals surface area contributed by atoms with Gasteiger partial charge in [0.1, 0.15) is 18.4 Å². The molecule has 3 aromatic carbocycles. The molecule has 3 aromatic rings. The third-order valence-electron chi connectivity index (χ3n) is 5.83. The molecule has 38 heavy (non-hydrogen) atoms. The zero-order valence-corrected chi connectivity index (χ0v) is 23.9. The summed E-state index contributed by atoms with van der Waals surface area (Å²) in [5, 5.41) is 2.83. The molecule has 10 heteroatoms. The largest absolute Gasteiger partial charge is 0.354 e. The van der Waals surface area contributed by atoms with Gasteiger partial charge in [-0.3, -0.25) is 13.9 Å². The maximum atomic E-state index is 14.9. The number of carbonyl (C=O) groups is 2. The first kappa shape index (κ1) is 29.3. The molecule has 0 aliphatic carbocycles. The van der Waals surface area contributed by atoms with Gasteiger partial charge < -0.3 is 10.2 Å². The van der Waals surface area contributed by atoms with Crippen molar-refractivity contribution in [3.8, 4) is 0 Å². The van der Waals surface area contributed by atoms with Crippen LogP contribution in [0.4, 0.5) is 10.1 Å². The molecular formula is C28H31BrFN3O4S. The minimum atomic E-state index is -4.31. The highest BCUT2D eigenvalue weighted by atomic mass is 79.9. The van der Waals surface area contributed by atoms with E-state index in [0.717, 1.165) is 20.4 Å². The molecule has 0 spiro atoms. The van der Waals surface area contributed by atoms with Gasteiger partial charge in [-0.05, 0) is 54.8 Å². The van der Waals surface area contributed by atoms with Crippen molar-refractivity contribution < 1.29 is 22.4 Å². The van der Waals surface area contributed by atoms with E-state index in [2.05, 4.69) is 21.2 Å². The van der Waals surface area contributed by atoms with E-state index in [1.807, 2.05) is 26.0 Å². The third-order valence-corrected chi connectivity index (χ3v) is 8.09. The van der Waals surface area contributed by atoms with Crippen LogP contribution < -0.4 is 9.62 Å². The molecule has 0 aromatic heterocycles. The van der Waals surface area contributed by atoms with E-state index in [1.54, 1.807) is 37.3 Å². The molecule has 3 rings (SSSR count). The van der Waals surface area contributed by atoms with Crippen LogP contribution in [0.3, 0.4) is 0 Å². The Bertz CT molecular complexity index is 1370. The smallest absolute Gasteiger partial charge is 0.264 e. The lowest BCUT2D eigenvalue weighted by Crippen LogP contribution is -2.51. The number of hydrogen-bond acceptors (Lipinski definition) is 4. The number of amides is 2. The Balaban J connectivity index is 2.01. The zero-order valence-electron chi connectivity index (χ0n) is 21.5. The predicted octanol–water partition coefficient (Wildman–Crippen LogP) is 4.97. The number of rotatable bonds is 11. The van der Waals surface area contributed by atoms with Gasteiger partial charge >= 0.3 is 0 Å². The lowest BCUT2D eigenvalue weighted by Gasteiger charge is -2.32. The maximum absolute atomic E-state index is 14.9. The quantitative estimate of drug-likeness (QED) is 0.335. The summed E-state index contributed by atoms with van der Waals surface area (Å²) in [5.41, 5.74) is 0.476. The molecule has 0 saturated carbocycles. The van der Waals surface area contributed by atoms with E-state index in [-0.39, 0.29) is 29.0 Å². The van der Waals surface area contributed by atoms with Crippen molar-refractivity contribution in [3.05, 3.63) is 94.7 Å². The highest BCUT2D eigenvalue weighted by molar-refractivity contribution is 9.10. The first-order chi connectivity index (χ1) is 18.0. The van der Waals surface area contributed by atoms with E-state index in [9.17, 15) is 22.4 Å². The standard InChI is InChI=1S/C28H31BrFN3O4S/c1-20(2)17-31-28(35)21(3)32(18-22-10-9-11-23(29)16-22)27(34)19-33(26-15-8-7-14-25(26)30)38(36,37)24-12-5-4-6-13-24/h4-16,20-21H,17-19H2,1-3H3,(H,31,35)/t21-/m1/s1. The number of benzene rings is 3. The molecule has 202 valence electrons. The van der Waals surface area contributed by atoms with Crippen molar-refractivity contribution in [2.45, 2.75) is 38.3 Å². The summed E-state index contributed by atoms with van der Waals surface area (Å²) in [5.74, 6) is -1.61. The fraction of sp³-hybridized carbons (Fsp3) is 0.286. The molecule has 0 aliphatic heterocycles. The van der Waals surface area contributed by atoms with Gasteiger partial charge in [-0.25, -0.2) is 12.8 Å². The second kappa shape index (κ2) is 13.0. The van der Waals surface area contributed by atoms with Crippen LogP contribution >= 0.6 is 15.9 Å². The van der Waals surface area contributed by atoms with E-state index in [1.165, 1.54) is 35.2 Å².